The summed E-state index contributed by atoms with van der Waals surface area (Å²) in [6.45, 7) is 0. The second-order valence-electron chi connectivity index (χ2n) is 3.70. The molecule has 0 saturated carbocycles. The van der Waals surface area contributed by atoms with Crippen LogP contribution in [0.2, 0.25) is 20.1 Å². The van der Waals surface area contributed by atoms with Crippen LogP contribution >= 0.6 is 58.2 Å². The van der Waals surface area contributed by atoms with E-state index in [-0.39, 0.29) is 31.5 Å². The lowest BCUT2D eigenvalue weighted by atomic mass is 10.3. The molecule has 106 valence electrons. The van der Waals surface area contributed by atoms with Gasteiger partial charge in [-0.15, -0.1) is 0 Å². The van der Waals surface area contributed by atoms with Gasteiger partial charge in [0.1, 0.15) is 10.8 Å². The van der Waals surface area contributed by atoms with Crippen LogP contribution in [0.3, 0.4) is 0 Å². The Morgan fingerprint density at radius 1 is 0.700 bits per heavy atom. The zero-order valence-corrected chi connectivity index (χ0v) is 13.3. The van der Waals surface area contributed by atoms with E-state index in [1.807, 2.05) is 0 Å². The molecule has 0 aromatic heterocycles. The molecule has 3 nitrogen and oxygen atoms in total. The van der Waals surface area contributed by atoms with Crippen LogP contribution < -0.4 is 0 Å². The van der Waals surface area contributed by atoms with Gasteiger partial charge in [-0.05, 0) is 18.2 Å². The molecule has 0 atom stereocenters. The lowest BCUT2D eigenvalue weighted by Gasteiger charge is -2.11. The van der Waals surface area contributed by atoms with E-state index in [1.165, 1.54) is 18.2 Å². The van der Waals surface area contributed by atoms with Crippen molar-refractivity contribution >= 4 is 58.2 Å². The third-order valence-corrected chi connectivity index (χ3v) is 4.56. The minimum atomic E-state index is -0.413. The number of aromatic hydroxyl groups is 3. The Bertz CT molecular complexity index is 691. The lowest BCUT2D eigenvalue weighted by molar-refractivity contribution is 0.442. The molecule has 0 aliphatic heterocycles. The van der Waals surface area contributed by atoms with Crippen LogP contribution in [-0.2, 0) is 0 Å². The van der Waals surface area contributed by atoms with Crippen LogP contribution in [0, 0.1) is 0 Å². The Morgan fingerprint density at radius 2 is 1.25 bits per heavy atom. The van der Waals surface area contributed by atoms with Crippen molar-refractivity contribution in [3.8, 4) is 17.2 Å². The Labute approximate surface area is 138 Å². The fraction of sp³-hybridized carbons (Fsp3) is 0. The van der Waals surface area contributed by atoms with E-state index in [9.17, 15) is 15.3 Å². The number of hydrogen-bond acceptors (Lipinski definition) is 4. The van der Waals surface area contributed by atoms with Gasteiger partial charge in [-0.25, -0.2) is 0 Å². The summed E-state index contributed by atoms with van der Waals surface area (Å²) in [4.78, 5) is 0.557. The molecule has 0 unspecified atom stereocenters. The molecule has 0 aliphatic rings. The maximum Gasteiger partial charge on any atom is 0.156 e. The fourth-order valence-corrected chi connectivity index (χ4v) is 3.59. The molecule has 2 aromatic rings. The SMILES string of the molecule is Oc1c(Cl)cc(Cl)cc1Sc1cc(Cl)c(O)c(Cl)c1O. The van der Waals surface area contributed by atoms with Crippen LogP contribution in [0.25, 0.3) is 0 Å². The van der Waals surface area contributed by atoms with Crippen molar-refractivity contribution < 1.29 is 15.3 Å². The number of phenolic OH excluding ortho intramolecular Hbond substituents is 3. The number of halogens is 4. The standard InChI is InChI=1S/C12H6Cl4O3S/c13-4-1-5(14)10(17)7(2-4)20-8-3-6(15)11(18)9(16)12(8)19/h1-3,17-19H. The van der Waals surface area contributed by atoms with E-state index in [4.69, 9.17) is 46.4 Å². The highest BCUT2D eigenvalue weighted by atomic mass is 35.5. The molecule has 0 saturated heterocycles. The van der Waals surface area contributed by atoms with Crippen LogP contribution in [0.1, 0.15) is 0 Å². The molecule has 20 heavy (non-hydrogen) atoms. The quantitative estimate of drug-likeness (QED) is 0.645. The van der Waals surface area contributed by atoms with E-state index in [2.05, 4.69) is 0 Å². The molecular weight excluding hydrogens is 366 g/mol. The molecule has 0 radical (unpaired) electrons. The normalized spacial score (nSPS) is 10.8. The van der Waals surface area contributed by atoms with Gasteiger partial charge >= 0.3 is 0 Å². The zero-order valence-electron chi connectivity index (χ0n) is 9.49. The lowest BCUT2D eigenvalue weighted by Crippen LogP contribution is -1.82. The predicted octanol–water partition coefficient (Wildman–Crippen LogP) is 5.57. The molecule has 0 amide bonds. The highest BCUT2D eigenvalue weighted by Crippen LogP contribution is 2.49. The van der Waals surface area contributed by atoms with Gasteiger partial charge in [0.2, 0.25) is 0 Å². The molecule has 0 bridgehead atoms. The summed E-state index contributed by atoms with van der Waals surface area (Å²) in [6, 6.07) is 4.18. The van der Waals surface area contributed by atoms with Crippen LogP contribution in [0.4, 0.5) is 0 Å². The van der Waals surface area contributed by atoms with Gasteiger partial charge in [-0.1, -0.05) is 58.2 Å². The number of rotatable bonds is 2. The average molecular weight is 372 g/mol. The molecular formula is C12H6Cl4O3S. The summed E-state index contributed by atoms with van der Waals surface area (Å²) >= 11 is 24.2. The van der Waals surface area contributed by atoms with Crippen molar-refractivity contribution in [3.63, 3.8) is 0 Å². The molecule has 2 rings (SSSR count). The summed E-state index contributed by atoms with van der Waals surface area (Å²) in [5, 5.41) is 29.3. The van der Waals surface area contributed by atoms with Crippen molar-refractivity contribution in [1.82, 2.24) is 0 Å². The average Bonchev–Trinajstić information content (AvgIpc) is 2.39. The van der Waals surface area contributed by atoms with Gasteiger partial charge in [-0.3, -0.25) is 0 Å². The second-order valence-corrected chi connectivity index (χ2v) is 6.42. The summed E-state index contributed by atoms with van der Waals surface area (Å²) in [5.74, 6) is -0.946. The molecule has 3 N–H and O–H groups in total. The fourth-order valence-electron chi connectivity index (χ4n) is 1.39. The number of hydrogen-bond donors (Lipinski definition) is 3. The molecule has 0 aliphatic carbocycles. The number of phenols is 3. The summed E-state index contributed by atoms with van der Waals surface area (Å²) in [5.41, 5.74) is 0. The maximum absolute atomic E-state index is 9.87. The third kappa shape index (κ3) is 3.00. The first-order valence-corrected chi connectivity index (χ1v) is 7.40. The van der Waals surface area contributed by atoms with Gasteiger partial charge in [0.05, 0.1) is 19.8 Å². The van der Waals surface area contributed by atoms with E-state index in [0.29, 0.717) is 9.92 Å². The predicted molar refractivity (Wildman–Crippen MR) is 82.0 cm³/mol. The van der Waals surface area contributed by atoms with Crippen LogP contribution in [-0.4, -0.2) is 15.3 Å². The minimum absolute atomic E-state index is 0.0251. The van der Waals surface area contributed by atoms with Crippen LogP contribution in [0.5, 0.6) is 17.2 Å². The van der Waals surface area contributed by atoms with Gasteiger partial charge < -0.3 is 15.3 Å². The van der Waals surface area contributed by atoms with E-state index < -0.39 is 5.75 Å². The van der Waals surface area contributed by atoms with Gasteiger partial charge in [0, 0.05) is 5.02 Å². The first kappa shape index (κ1) is 15.7. The highest BCUT2D eigenvalue weighted by Gasteiger charge is 2.18. The Kier molecular flexibility index (Phi) is 4.72. The Balaban J connectivity index is 2.51. The monoisotopic (exact) mass is 370 g/mol. The Hall–Kier alpha value is -0.650. The first-order valence-electron chi connectivity index (χ1n) is 5.07. The van der Waals surface area contributed by atoms with Gasteiger partial charge in [0.15, 0.2) is 11.5 Å². The van der Waals surface area contributed by atoms with Gasteiger partial charge in [-0.2, -0.15) is 0 Å². The zero-order chi connectivity index (χ0) is 15.0. The van der Waals surface area contributed by atoms with Gasteiger partial charge in [0.25, 0.3) is 0 Å². The van der Waals surface area contributed by atoms with Crippen molar-refractivity contribution in [2.24, 2.45) is 0 Å². The number of benzene rings is 2. The topological polar surface area (TPSA) is 60.7 Å². The molecule has 0 heterocycles. The third-order valence-electron chi connectivity index (χ3n) is 2.35. The Morgan fingerprint density at radius 3 is 1.90 bits per heavy atom. The molecule has 2 aromatic carbocycles. The van der Waals surface area contributed by atoms with Crippen LogP contribution in [0.15, 0.2) is 28.0 Å². The maximum atomic E-state index is 9.87. The highest BCUT2D eigenvalue weighted by molar-refractivity contribution is 7.99. The molecule has 0 fully saturated rings. The van der Waals surface area contributed by atoms with Crippen molar-refractivity contribution in [2.45, 2.75) is 9.79 Å². The largest absolute Gasteiger partial charge is 0.505 e. The summed E-state index contributed by atoms with van der Waals surface area (Å²) in [6.07, 6.45) is 0. The smallest absolute Gasteiger partial charge is 0.156 e. The summed E-state index contributed by atoms with van der Waals surface area (Å²) in [7, 11) is 0. The van der Waals surface area contributed by atoms with Crippen molar-refractivity contribution in [3.05, 3.63) is 38.3 Å². The molecule has 0 spiro atoms. The molecule has 8 heteroatoms. The van der Waals surface area contributed by atoms with E-state index >= 15 is 0 Å². The van der Waals surface area contributed by atoms with E-state index in [1.54, 1.807) is 0 Å². The van der Waals surface area contributed by atoms with Crippen molar-refractivity contribution in [2.75, 3.05) is 0 Å². The van der Waals surface area contributed by atoms with E-state index in [0.717, 1.165) is 11.8 Å². The first-order chi connectivity index (χ1) is 9.31. The summed E-state index contributed by atoms with van der Waals surface area (Å²) < 4.78 is 0. The second kappa shape index (κ2) is 6.00. The minimum Gasteiger partial charge on any atom is -0.505 e. The van der Waals surface area contributed by atoms with Crippen molar-refractivity contribution in [1.29, 1.82) is 0 Å².